The van der Waals surface area contributed by atoms with Crippen molar-refractivity contribution >= 4 is 11.3 Å². The van der Waals surface area contributed by atoms with Gasteiger partial charge in [-0.15, -0.1) is 11.3 Å². The topological polar surface area (TPSA) is 38.9 Å². The second-order valence-corrected chi connectivity index (χ2v) is 7.02. The van der Waals surface area contributed by atoms with E-state index in [0.717, 1.165) is 18.5 Å². The smallest absolute Gasteiger partial charge is 0.0933 e. The van der Waals surface area contributed by atoms with E-state index < -0.39 is 0 Å². The van der Waals surface area contributed by atoms with Crippen molar-refractivity contribution in [3.8, 4) is 0 Å². The van der Waals surface area contributed by atoms with E-state index in [1.165, 1.54) is 5.01 Å². The summed E-state index contributed by atoms with van der Waals surface area (Å²) < 4.78 is 0. The fourth-order valence-corrected chi connectivity index (χ4v) is 2.56. The summed E-state index contributed by atoms with van der Waals surface area (Å²) in [6, 6.07) is 0.226. The van der Waals surface area contributed by atoms with Crippen LogP contribution in [0.3, 0.4) is 0 Å². The third kappa shape index (κ3) is 4.62. The van der Waals surface area contributed by atoms with Gasteiger partial charge in [0.1, 0.15) is 0 Å². The SMILES string of the molecule is CC(C)C(N)Cc1csc(CC(C)(C)C)n1. The summed E-state index contributed by atoms with van der Waals surface area (Å²) >= 11 is 1.76. The summed E-state index contributed by atoms with van der Waals surface area (Å²) in [4.78, 5) is 4.66. The maximum absolute atomic E-state index is 6.05. The van der Waals surface area contributed by atoms with Gasteiger partial charge < -0.3 is 5.73 Å². The molecule has 0 radical (unpaired) electrons. The fourth-order valence-electron chi connectivity index (χ4n) is 1.45. The Labute approximate surface area is 103 Å². The number of rotatable bonds is 4. The van der Waals surface area contributed by atoms with Gasteiger partial charge in [0, 0.05) is 24.3 Å². The summed E-state index contributed by atoms with van der Waals surface area (Å²) in [6.07, 6.45) is 1.95. The minimum atomic E-state index is 0.226. The first kappa shape index (κ1) is 13.7. The Morgan fingerprint density at radius 3 is 2.50 bits per heavy atom. The number of hydrogen-bond donors (Lipinski definition) is 1. The average Bonchev–Trinajstić information content (AvgIpc) is 2.49. The summed E-state index contributed by atoms with van der Waals surface area (Å²) in [7, 11) is 0. The summed E-state index contributed by atoms with van der Waals surface area (Å²) in [5, 5.41) is 3.39. The maximum atomic E-state index is 6.05. The number of thiazole rings is 1. The van der Waals surface area contributed by atoms with E-state index in [0.29, 0.717) is 11.3 Å². The Balaban J connectivity index is 2.58. The summed E-state index contributed by atoms with van der Waals surface area (Å²) in [6.45, 7) is 11.1. The lowest BCUT2D eigenvalue weighted by molar-refractivity contribution is 0.409. The molecule has 1 heterocycles. The molecule has 2 nitrogen and oxygen atoms in total. The molecule has 3 heteroatoms. The van der Waals surface area contributed by atoms with Crippen LogP contribution < -0.4 is 5.73 Å². The Morgan fingerprint density at radius 2 is 2.00 bits per heavy atom. The van der Waals surface area contributed by atoms with Crippen LogP contribution in [0.15, 0.2) is 5.38 Å². The number of nitrogens with two attached hydrogens (primary N) is 1. The van der Waals surface area contributed by atoms with Gasteiger partial charge in [0.2, 0.25) is 0 Å². The fraction of sp³-hybridized carbons (Fsp3) is 0.769. The molecule has 0 aliphatic heterocycles. The monoisotopic (exact) mass is 240 g/mol. The molecule has 0 aliphatic rings. The minimum absolute atomic E-state index is 0.226. The molecule has 1 unspecified atom stereocenters. The standard InChI is InChI=1S/C13H24N2S/c1-9(2)11(14)6-10-8-16-12(15-10)7-13(3,4)5/h8-9,11H,6-7,14H2,1-5H3. The van der Waals surface area contributed by atoms with Crippen LogP contribution in [0, 0.1) is 11.3 Å². The molecule has 0 saturated carbocycles. The normalized spacial score (nSPS) is 14.4. The molecule has 0 amide bonds. The van der Waals surface area contributed by atoms with Gasteiger partial charge >= 0.3 is 0 Å². The van der Waals surface area contributed by atoms with Crippen LogP contribution in [0.4, 0.5) is 0 Å². The zero-order chi connectivity index (χ0) is 12.3. The van der Waals surface area contributed by atoms with Crippen molar-refractivity contribution in [2.75, 3.05) is 0 Å². The first-order valence-electron chi connectivity index (χ1n) is 5.97. The Bertz CT molecular complexity index is 323. The van der Waals surface area contributed by atoms with Gasteiger partial charge in [0.15, 0.2) is 0 Å². The van der Waals surface area contributed by atoms with Crippen molar-refractivity contribution < 1.29 is 0 Å². The largest absolute Gasteiger partial charge is 0.327 e. The van der Waals surface area contributed by atoms with Gasteiger partial charge in [-0.1, -0.05) is 34.6 Å². The highest BCUT2D eigenvalue weighted by Crippen LogP contribution is 2.23. The lowest BCUT2D eigenvalue weighted by Crippen LogP contribution is -2.28. The molecule has 1 aromatic heterocycles. The van der Waals surface area contributed by atoms with E-state index in [4.69, 9.17) is 5.73 Å². The third-order valence-corrected chi connectivity index (χ3v) is 3.48. The third-order valence-electron chi connectivity index (χ3n) is 2.58. The molecule has 1 rings (SSSR count). The quantitative estimate of drug-likeness (QED) is 0.877. The molecule has 0 fully saturated rings. The second kappa shape index (κ2) is 5.28. The lowest BCUT2D eigenvalue weighted by atomic mass is 9.93. The molecular weight excluding hydrogens is 216 g/mol. The number of nitrogens with zero attached hydrogens (tertiary/aromatic N) is 1. The highest BCUT2D eigenvalue weighted by Gasteiger charge is 2.15. The van der Waals surface area contributed by atoms with Gasteiger partial charge in [0.05, 0.1) is 10.7 Å². The van der Waals surface area contributed by atoms with E-state index in [-0.39, 0.29) is 6.04 Å². The van der Waals surface area contributed by atoms with E-state index in [1.54, 1.807) is 11.3 Å². The molecule has 0 aromatic carbocycles. The molecule has 2 N–H and O–H groups in total. The van der Waals surface area contributed by atoms with E-state index in [1.807, 2.05) is 0 Å². The molecule has 1 atom stereocenters. The zero-order valence-electron chi connectivity index (χ0n) is 11.1. The lowest BCUT2D eigenvalue weighted by Gasteiger charge is -2.15. The highest BCUT2D eigenvalue weighted by atomic mass is 32.1. The van der Waals surface area contributed by atoms with Crippen LogP contribution in [-0.2, 0) is 12.8 Å². The van der Waals surface area contributed by atoms with E-state index >= 15 is 0 Å². The van der Waals surface area contributed by atoms with Crippen molar-refractivity contribution in [1.82, 2.24) is 4.98 Å². The van der Waals surface area contributed by atoms with Crippen LogP contribution in [0.25, 0.3) is 0 Å². The zero-order valence-corrected chi connectivity index (χ0v) is 11.9. The van der Waals surface area contributed by atoms with Gasteiger partial charge in [-0.3, -0.25) is 0 Å². The molecule has 0 spiro atoms. The average molecular weight is 240 g/mol. The van der Waals surface area contributed by atoms with Crippen LogP contribution in [0.1, 0.15) is 45.3 Å². The van der Waals surface area contributed by atoms with Crippen LogP contribution in [0.2, 0.25) is 0 Å². The molecular formula is C13H24N2S. The minimum Gasteiger partial charge on any atom is -0.327 e. The molecule has 0 saturated heterocycles. The van der Waals surface area contributed by atoms with Crippen molar-refractivity contribution in [3.05, 3.63) is 16.1 Å². The summed E-state index contributed by atoms with van der Waals surface area (Å²) in [5.74, 6) is 0.521. The Kier molecular flexibility index (Phi) is 4.51. The van der Waals surface area contributed by atoms with Crippen LogP contribution in [-0.4, -0.2) is 11.0 Å². The Morgan fingerprint density at radius 1 is 1.38 bits per heavy atom. The first-order valence-corrected chi connectivity index (χ1v) is 6.85. The van der Waals surface area contributed by atoms with Crippen molar-refractivity contribution in [2.45, 2.75) is 53.5 Å². The number of aromatic nitrogens is 1. The molecule has 0 aliphatic carbocycles. The van der Waals surface area contributed by atoms with Gasteiger partial charge in [0.25, 0.3) is 0 Å². The van der Waals surface area contributed by atoms with E-state index in [9.17, 15) is 0 Å². The van der Waals surface area contributed by atoms with Crippen molar-refractivity contribution in [2.24, 2.45) is 17.1 Å². The van der Waals surface area contributed by atoms with Gasteiger partial charge in [-0.05, 0) is 11.3 Å². The van der Waals surface area contributed by atoms with Crippen LogP contribution >= 0.6 is 11.3 Å². The first-order chi connectivity index (χ1) is 7.28. The van der Waals surface area contributed by atoms with E-state index in [2.05, 4.69) is 45.0 Å². The Hall–Kier alpha value is -0.410. The predicted molar refractivity (Wildman–Crippen MR) is 71.8 cm³/mol. The van der Waals surface area contributed by atoms with Gasteiger partial charge in [-0.2, -0.15) is 0 Å². The van der Waals surface area contributed by atoms with Crippen molar-refractivity contribution in [1.29, 1.82) is 0 Å². The molecule has 92 valence electrons. The molecule has 16 heavy (non-hydrogen) atoms. The van der Waals surface area contributed by atoms with Crippen LogP contribution in [0.5, 0.6) is 0 Å². The van der Waals surface area contributed by atoms with Gasteiger partial charge in [-0.25, -0.2) is 4.98 Å². The molecule has 0 bridgehead atoms. The second-order valence-electron chi connectivity index (χ2n) is 6.08. The highest BCUT2D eigenvalue weighted by molar-refractivity contribution is 7.09. The van der Waals surface area contributed by atoms with Crippen molar-refractivity contribution in [3.63, 3.8) is 0 Å². The number of hydrogen-bond acceptors (Lipinski definition) is 3. The predicted octanol–water partition coefficient (Wildman–Crippen LogP) is 3.26. The molecule has 1 aromatic rings. The maximum Gasteiger partial charge on any atom is 0.0933 e. The summed E-state index contributed by atoms with van der Waals surface area (Å²) in [5.41, 5.74) is 7.52.